The number of hydrogen-bond donors (Lipinski definition) is 0. The minimum absolute atomic E-state index is 1.09. The third-order valence-corrected chi connectivity index (χ3v) is 11.7. The number of fused-ring (bicyclic) bond motifs is 4. The van der Waals surface area contributed by atoms with Gasteiger partial charge in [0.05, 0.1) is 16.7 Å². The van der Waals surface area contributed by atoms with Gasteiger partial charge < -0.3 is 9.47 Å². The Bertz CT molecular complexity index is 3250. The summed E-state index contributed by atoms with van der Waals surface area (Å²) in [6.45, 7) is 0. The van der Waals surface area contributed by atoms with Crippen LogP contribution in [0, 0.1) is 0 Å². The van der Waals surface area contributed by atoms with Crippen LogP contribution in [-0.2, 0) is 0 Å². The first-order chi connectivity index (χ1) is 29.8. The van der Waals surface area contributed by atoms with Crippen LogP contribution in [0.25, 0.3) is 82.8 Å². The Morgan fingerprint density at radius 1 is 0.300 bits per heavy atom. The lowest BCUT2D eigenvalue weighted by atomic mass is 9.94. The van der Waals surface area contributed by atoms with E-state index in [2.05, 4.69) is 252 Å². The Hall–Kier alpha value is -7.94. The fraction of sp³-hybridized carbons (Fsp3) is 0. The van der Waals surface area contributed by atoms with E-state index < -0.39 is 0 Å². The number of para-hydroxylation sites is 3. The topological polar surface area (TPSA) is 8.17 Å². The normalized spacial score (nSPS) is 11.3. The zero-order chi connectivity index (χ0) is 39.8. The predicted molar refractivity (Wildman–Crippen MR) is 255 cm³/mol. The Kier molecular flexibility index (Phi) is 8.87. The molecule has 0 bridgehead atoms. The molecule has 0 aliphatic carbocycles. The molecule has 0 spiro atoms. The largest absolute Gasteiger partial charge is 0.310 e. The smallest absolute Gasteiger partial charge is 0.0547 e. The Balaban J connectivity index is 1.12. The number of rotatable bonds is 8. The van der Waals surface area contributed by atoms with E-state index in [-0.39, 0.29) is 0 Å². The van der Waals surface area contributed by atoms with Gasteiger partial charge in [-0.2, -0.15) is 0 Å². The summed E-state index contributed by atoms with van der Waals surface area (Å²) in [6, 6.07) is 88.0. The molecule has 11 rings (SSSR count). The SMILES string of the molecule is c1ccc(-c2cc(-c3ccccc3)cc(N(c3ccc4ccccc4c3)c3ccccc3-c3cccc(-c4cccc5c4c4ccccc4n5-c4ccccc4)c3)c2)cc1. The summed E-state index contributed by atoms with van der Waals surface area (Å²) in [5.74, 6) is 0. The van der Waals surface area contributed by atoms with Crippen LogP contribution in [0.15, 0.2) is 243 Å². The molecule has 1 heterocycles. The van der Waals surface area contributed by atoms with Crippen LogP contribution in [0.2, 0.25) is 0 Å². The van der Waals surface area contributed by atoms with Crippen molar-refractivity contribution in [2.75, 3.05) is 4.90 Å². The second-order valence-electron chi connectivity index (χ2n) is 15.4. The predicted octanol–water partition coefficient (Wildman–Crippen LogP) is 16.1. The molecule has 0 atom stereocenters. The highest BCUT2D eigenvalue weighted by Crippen LogP contribution is 2.45. The standard InChI is InChI=1S/C58H40N2/c1-4-18-41(19-5-1)47-37-48(42-20-6-2-7-21-42)40-51(39-47)59(50-35-34-43-22-10-11-23-44(43)38-50)55-31-14-12-28-52(55)45-24-16-25-46(36-45)53-30-17-33-57-58(53)54-29-13-15-32-56(54)60(57)49-26-8-3-9-27-49/h1-40H. The highest BCUT2D eigenvalue weighted by molar-refractivity contribution is 6.16. The van der Waals surface area contributed by atoms with E-state index in [1.54, 1.807) is 0 Å². The summed E-state index contributed by atoms with van der Waals surface area (Å²) in [5.41, 5.74) is 16.2. The van der Waals surface area contributed by atoms with Crippen LogP contribution in [0.4, 0.5) is 17.1 Å². The molecule has 2 heteroatoms. The van der Waals surface area contributed by atoms with Gasteiger partial charge in [0.2, 0.25) is 0 Å². The second-order valence-corrected chi connectivity index (χ2v) is 15.4. The lowest BCUT2D eigenvalue weighted by Crippen LogP contribution is -2.11. The number of benzene rings is 10. The van der Waals surface area contributed by atoms with E-state index in [1.807, 2.05) is 0 Å². The molecule has 282 valence electrons. The van der Waals surface area contributed by atoms with Gasteiger partial charge in [-0.3, -0.25) is 0 Å². The zero-order valence-electron chi connectivity index (χ0n) is 33.0. The maximum atomic E-state index is 2.45. The molecule has 10 aromatic carbocycles. The first-order valence-corrected chi connectivity index (χ1v) is 20.6. The van der Waals surface area contributed by atoms with E-state index >= 15 is 0 Å². The minimum atomic E-state index is 1.09. The maximum absolute atomic E-state index is 2.45. The average Bonchev–Trinajstić information content (AvgIpc) is 3.67. The molecule has 1 aromatic heterocycles. The van der Waals surface area contributed by atoms with E-state index in [0.29, 0.717) is 0 Å². The van der Waals surface area contributed by atoms with Crippen molar-refractivity contribution in [1.82, 2.24) is 4.57 Å². The third-order valence-electron chi connectivity index (χ3n) is 11.7. The van der Waals surface area contributed by atoms with Crippen molar-refractivity contribution in [3.8, 4) is 50.2 Å². The van der Waals surface area contributed by atoms with Crippen LogP contribution in [0.1, 0.15) is 0 Å². The monoisotopic (exact) mass is 764 g/mol. The van der Waals surface area contributed by atoms with Gasteiger partial charge in [0.15, 0.2) is 0 Å². The van der Waals surface area contributed by atoms with Crippen molar-refractivity contribution in [3.63, 3.8) is 0 Å². The molecular formula is C58H40N2. The molecular weight excluding hydrogens is 725 g/mol. The summed E-state index contributed by atoms with van der Waals surface area (Å²) in [7, 11) is 0. The van der Waals surface area contributed by atoms with Crippen molar-refractivity contribution in [2.24, 2.45) is 0 Å². The average molecular weight is 765 g/mol. The Morgan fingerprint density at radius 3 is 1.58 bits per heavy atom. The molecule has 0 aliphatic heterocycles. The molecule has 0 radical (unpaired) electrons. The van der Waals surface area contributed by atoms with Gasteiger partial charge in [-0.15, -0.1) is 0 Å². The molecule has 11 aromatic rings. The summed E-state index contributed by atoms with van der Waals surface area (Å²) >= 11 is 0. The number of hydrogen-bond acceptors (Lipinski definition) is 1. The van der Waals surface area contributed by atoms with Crippen molar-refractivity contribution >= 4 is 49.6 Å². The quantitative estimate of drug-likeness (QED) is 0.150. The van der Waals surface area contributed by atoms with E-state index in [0.717, 1.165) is 33.9 Å². The second kappa shape index (κ2) is 15.1. The van der Waals surface area contributed by atoms with Gasteiger partial charge in [-0.1, -0.05) is 176 Å². The molecule has 0 aliphatic rings. The number of nitrogens with zero attached hydrogens (tertiary/aromatic N) is 2. The summed E-state index contributed by atoms with van der Waals surface area (Å²) in [6.07, 6.45) is 0. The molecule has 0 fully saturated rings. The lowest BCUT2D eigenvalue weighted by Gasteiger charge is -2.29. The van der Waals surface area contributed by atoms with Crippen molar-refractivity contribution in [3.05, 3.63) is 243 Å². The third kappa shape index (κ3) is 6.32. The fourth-order valence-electron chi connectivity index (χ4n) is 8.96. The van der Waals surface area contributed by atoms with E-state index in [9.17, 15) is 0 Å². The van der Waals surface area contributed by atoms with Gasteiger partial charge in [0, 0.05) is 33.4 Å². The number of anilines is 3. The zero-order valence-corrected chi connectivity index (χ0v) is 33.0. The van der Waals surface area contributed by atoms with Crippen LogP contribution in [0.5, 0.6) is 0 Å². The summed E-state index contributed by atoms with van der Waals surface area (Å²) in [4.78, 5) is 2.45. The molecule has 0 unspecified atom stereocenters. The van der Waals surface area contributed by atoms with Crippen LogP contribution in [-0.4, -0.2) is 4.57 Å². The highest BCUT2D eigenvalue weighted by Gasteiger charge is 2.21. The van der Waals surface area contributed by atoms with Crippen molar-refractivity contribution in [1.29, 1.82) is 0 Å². The molecule has 0 saturated carbocycles. The van der Waals surface area contributed by atoms with Crippen LogP contribution >= 0.6 is 0 Å². The first kappa shape index (κ1) is 35.2. The molecule has 60 heavy (non-hydrogen) atoms. The molecule has 0 N–H and O–H groups in total. The molecule has 0 saturated heterocycles. The van der Waals surface area contributed by atoms with Gasteiger partial charge in [-0.05, 0) is 116 Å². The number of aromatic nitrogens is 1. The first-order valence-electron chi connectivity index (χ1n) is 20.6. The fourth-order valence-corrected chi connectivity index (χ4v) is 8.96. The van der Waals surface area contributed by atoms with Gasteiger partial charge in [0.1, 0.15) is 0 Å². The Labute approximate surface area is 350 Å². The summed E-state index contributed by atoms with van der Waals surface area (Å²) < 4.78 is 2.39. The minimum Gasteiger partial charge on any atom is -0.310 e. The van der Waals surface area contributed by atoms with Crippen LogP contribution in [0.3, 0.4) is 0 Å². The van der Waals surface area contributed by atoms with E-state index in [1.165, 1.54) is 66.0 Å². The highest BCUT2D eigenvalue weighted by atomic mass is 15.1. The van der Waals surface area contributed by atoms with Gasteiger partial charge >= 0.3 is 0 Å². The van der Waals surface area contributed by atoms with Gasteiger partial charge in [-0.25, -0.2) is 0 Å². The Morgan fingerprint density at radius 2 is 0.833 bits per heavy atom. The molecule has 0 amide bonds. The van der Waals surface area contributed by atoms with Crippen molar-refractivity contribution in [2.45, 2.75) is 0 Å². The van der Waals surface area contributed by atoms with Crippen LogP contribution < -0.4 is 4.90 Å². The summed E-state index contributed by atoms with van der Waals surface area (Å²) in [5, 5.41) is 4.91. The maximum Gasteiger partial charge on any atom is 0.0547 e. The van der Waals surface area contributed by atoms with E-state index in [4.69, 9.17) is 0 Å². The lowest BCUT2D eigenvalue weighted by molar-refractivity contribution is 1.18. The van der Waals surface area contributed by atoms with Crippen molar-refractivity contribution < 1.29 is 0 Å². The van der Waals surface area contributed by atoms with Gasteiger partial charge in [0.25, 0.3) is 0 Å². The molecule has 2 nitrogen and oxygen atoms in total.